The molecule has 0 aliphatic rings. The smallest absolute Gasteiger partial charge is 0.338 e. The molecule has 6 nitrogen and oxygen atoms in total. The van der Waals surface area contributed by atoms with Gasteiger partial charge in [0.25, 0.3) is 5.91 Å². The van der Waals surface area contributed by atoms with Crippen LogP contribution < -0.4 is 11.1 Å². The van der Waals surface area contributed by atoms with Gasteiger partial charge in [-0.15, -0.1) is 0 Å². The van der Waals surface area contributed by atoms with E-state index < -0.39 is 24.0 Å². The molecule has 1 aromatic rings. The highest BCUT2D eigenvalue weighted by Crippen LogP contribution is 2.11. The van der Waals surface area contributed by atoms with Gasteiger partial charge in [-0.2, -0.15) is 0 Å². The lowest BCUT2D eigenvalue weighted by Gasteiger charge is -2.12. The number of nitrogens with one attached hydrogen (secondary N) is 1. The molecule has 0 heterocycles. The Kier molecular flexibility index (Phi) is 4.63. The number of hydrogen-bond donors (Lipinski definition) is 2. The van der Waals surface area contributed by atoms with Gasteiger partial charge in [0.15, 0.2) is 6.10 Å². The quantitative estimate of drug-likeness (QED) is 0.797. The molecule has 0 aliphatic heterocycles. The Morgan fingerprint density at radius 1 is 1.16 bits per heavy atom. The number of esters is 1. The summed E-state index contributed by atoms with van der Waals surface area (Å²) in [6.45, 7) is 5.07. The van der Waals surface area contributed by atoms with Gasteiger partial charge in [0.05, 0.1) is 5.56 Å². The maximum absolute atomic E-state index is 11.8. The molecule has 3 N–H and O–H groups in total. The molecule has 0 saturated carbocycles. The first-order valence-corrected chi connectivity index (χ1v) is 5.69. The summed E-state index contributed by atoms with van der Waals surface area (Å²) in [5.74, 6) is -1.39. The predicted molar refractivity (Wildman–Crippen MR) is 68.5 cm³/mol. The normalized spacial score (nSPS) is 11.5. The fourth-order valence-electron chi connectivity index (χ4n) is 1.60. The molecular weight excluding hydrogens is 248 g/mol. The second kappa shape index (κ2) is 5.99. The molecule has 0 fully saturated rings. The highest BCUT2D eigenvalue weighted by atomic mass is 16.5. The van der Waals surface area contributed by atoms with Gasteiger partial charge in [-0.3, -0.25) is 10.1 Å². The lowest BCUT2D eigenvalue weighted by molar-refractivity contribution is -0.127. The number of carbonyl (C=O) groups is 3. The molecule has 0 bridgehead atoms. The van der Waals surface area contributed by atoms with E-state index in [0.717, 1.165) is 11.1 Å². The van der Waals surface area contributed by atoms with E-state index >= 15 is 0 Å². The first-order chi connectivity index (χ1) is 8.79. The molecule has 1 unspecified atom stereocenters. The Labute approximate surface area is 110 Å². The number of aryl methyl sites for hydroxylation is 2. The molecule has 0 radical (unpaired) electrons. The van der Waals surface area contributed by atoms with Crippen molar-refractivity contribution in [3.05, 3.63) is 34.9 Å². The van der Waals surface area contributed by atoms with Crippen molar-refractivity contribution in [2.45, 2.75) is 26.9 Å². The van der Waals surface area contributed by atoms with Crippen LogP contribution in [0.25, 0.3) is 0 Å². The SMILES string of the molecule is Cc1cc(C)cc(C(=O)OC(C)C(=O)NC(N)=O)c1. The van der Waals surface area contributed by atoms with Crippen LogP contribution in [-0.2, 0) is 9.53 Å². The third-order valence-electron chi connectivity index (χ3n) is 2.36. The molecule has 6 heteroatoms. The van der Waals surface area contributed by atoms with Crippen molar-refractivity contribution in [3.8, 4) is 0 Å². The average molecular weight is 264 g/mol. The Morgan fingerprint density at radius 2 is 1.68 bits per heavy atom. The van der Waals surface area contributed by atoms with Crippen LogP contribution >= 0.6 is 0 Å². The van der Waals surface area contributed by atoms with Crippen molar-refractivity contribution >= 4 is 17.9 Å². The molecule has 0 aliphatic carbocycles. The second-order valence-corrected chi connectivity index (χ2v) is 4.28. The van der Waals surface area contributed by atoms with Crippen LogP contribution in [0.1, 0.15) is 28.4 Å². The van der Waals surface area contributed by atoms with Gasteiger partial charge >= 0.3 is 12.0 Å². The first-order valence-electron chi connectivity index (χ1n) is 5.69. The fraction of sp³-hybridized carbons (Fsp3) is 0.308. The molecule has 19 heavy (non-hydrogen) atoms. The number of rotatable bonds is 3. The molecule has 1 atom stereocenters. The number of urea groups is 1. The van der Waals surface area contributed by atoms with Crippen molar-refractivity contribution in [1.29, 1.82) is 0 Å². The van der Waals surface area contributed by atoms with Crippen LogP contribution in [-0.4, -0.2) is 24.0 Å². The number of benzene rings is 1. The molecular formula is C13H16N2O4. The van der Waals surface area contributed by atoms with Crippen LogP contribution in [0, 0.1) is 13.8 Å². The summed E-state index contributed by atoms with van der Waals surface area (Å²) >= 11 is 0. The summed E-state index contributed by atoms with van der Waals surface area (Å²) in [6.07, 6.45) is -1.10. The van der Waals surface area contributed by atoms with E-state index in [2.05, 4.69) is 0 Å². The number of hydrogen-bond acceptors (Lipinski definition) is 4. The highest BCUT2D eigenvalue weighted by molar-refractivity contribution is 5.98. The zero-order valence-corrected chi connectivity index (χ0v) is 11.0. The maximum atomic E-state index is 11.8. The van der Waals surface area contributed by atoms with E-state index in [-0.39, 0.29) is 0 Å². The third kappa shape index (κ3) is 4.42. The highest BCUT2D eigenvalue weighted by Gasteiger charge is 2.20. The number of carbonyl (C=O) groups excluding carboxylic acids is 3. The van der Waals surface area contributed by atoms with Crippen molar-refractivity contribution in [1.82, 2.24) is 5.32 Å². The number of primary amides is 1. The maximum Gasteiger partial charge on any atom is 0.338 e. The summed E-state index contributed by atoms with van der Waals surface area (Å²) in [5, 5.41) is 1.84. The monoisotopic (exact) mass is 264 g/mol. The largest absolute Gasteiger partial charge is 0.449 e. The minimum Gasteiger partial charge on any atom is -0.449 e. The second-order valence-electron chi connectivity index (χ2n) is 4.28. The molecule has 0 aromatic heterocycles. The molecule has 0 spiro atoms. The van der Waals surface area contributed by atoms with E-state index in [1.165, 1.54) is 6.92 Å². The summed E-state index contributed by atoms with van der Waals surface area (Å²) in [7, 11) is 0. The van der Waals surface area contributed by atoms with Crippen molar-refractivity contribution in [2.24, 2.45) is 5.73 Å². The Balaban J connectivity index is 2.74. The lowest BCUT2D eigenvalue weighted by atomic mass is 10.1. The van der Waals surface area contributed by atoms with E-state index in [0.29, 0.717) is 5.56 Å². The molecule has 1 aromatic carbocycles. The molecule has 1 rings (SSSR count). The van der Waals surface area contributed by atoms with Crippen LogP contribution in [0.15, 0.2) is 18.2 Å². The standard InChI is InChI=1S/C13H16N2O4/c1-7-4-8(2)6-10(5-7)12(17)19-9(3)11(16)15-13(14)18/h4-6,9H,1-3H3,(H3,14,15,16,18). The molecule has 102 valence electrons. The van der Waals surface area contributed by atoms with Gasteiger partial charge in [-0.1, -0.05) is 17.2 Å². The van der Waals surface area contributed by atoms with Gasteiger partial charge in [-0.05, 0) is 32.9 Å². The number of amides is 3. The number of nitrogens with two attached hydrogens (primary N) is 1. The van der Waals surface area contributed by atoms with Crippen LogP contribution in [0.2, 0.25) is 0 Å². The summed E-state index contributed by atoms with van der Waals surface area (Å²) in [4.78, 5) is 33.7. The van der Waals surface area contributed by atoms with Crippen molar-refractivity contribution in [2.75, 3.05) is 0 Å². The number of imide groups is 1. The topological polar surface area (TPSA) is 98.5 Å². The van der Waals surface area contributed by atoms with Crippen molar-refractivity contribution in [3.63, 3.8) is 0 Å². The first kappa shape index (κ1) is 14.7. The van der Waals surface area contributed by atoms with Crippen LogP contribution in [0.5, 0.6) is 0 Å². The fourth-order valence-corrected chi connectivity index (χ4v) is 1.60. The zero-order valence-electron chi connectivity index (χ0n) is 11.0. The summed E-state index contributed by atoms with van der Waals surface area (Å²) in [5.41, 5.74) is 6.99. The third-order valence-corrected chi connectivity index (χ3v) is 2.36. The van der Waals surface area contributed by atoms with Crippen molar-refractivity contribution < 1.29 is 19.1 Å². The zero-order chi connectivity index (χ0) is 14.6. The number of ether oxygens (including phenoxy) is 1. The lowest BCUT2D eigenvalue weighted by Crippen LogP contribution is -2.42. The average Bonchev–Trinajstić information content (AvgIpc) is 2.26. The summed E-state index contributed by atoms with van der Waals surface area (Å²) < 4.78 is 4.95. The van der Waals surface area contributed by atoms with Crippen LogP contribution in [0.4, 0.5) is 4.79 Å². The minimum absolute atomic E-state index is 0.358. The Hall–Kier alpha value is -2.37. The Bertz CT molecular complexity index is 505. The van der Waals surface area contributed by atoms with Gasteiger partial charge in [0.2, 0.25) is 0 Å². The predicted octanol–water partition coefficient (Wildman–Crippen LogP) is 1.04. The van der Waals surface area contributed by atoms with Crippen LogP contribution in [0.3, 0.4) is 0 Å². The summed E-state index contributed by atoms with van der Waals surface area (Å²) in [6, 6.07) is 4.25. The van der Waals surface area contributed by atoms with E-state index in [9.17, 15) is 14.4 Å². The van der Waals surface area contributed by atoms with Gasteiger partial charge in [-0.25, -0.2) is 9.59 Å². The molecule has 0 saturated heterocycles. The van der Waals surface area contributed by atoms with E-state index in [1.807, 2.05) is 25.2 Å². The Morgan fingerprint density at radius 3 is 2.16 bits per heavy atom. The van der Waals surface area contributed by atoms with E-state index in [4.69, 9.17) is 10.5 Å². The van der Waals surface area contributed by atoms with E-state index in [1.54, 1.807) is 12.1 Å². The van der Waals surface area contributed by atoms with Gasteiger partial charge < -0.3 is 10.5 Å². The minimum atomic E-state index is -1.10. The van der Waals surface area contributed by atoms with Gasteiger partial charge in [0, 0.05) is 0 Å². The molecule has 3 amide bonds. The van der Waals surface area contributed by atoms with Gasteiger partial charge in [0.1, 0.15) is 0 Å².